The van der Waals surface area contributed by atoms with E-state index in [-0.39, 0.29) is 0 Å². The lowest BCUT2D eigenvalue weighted by atomic mass is 10.2. The number of hydrogen-bond donors (Lipinski definition) is 1. The molecule has 4 heteroatoms. The third kappa shape index (κ3) is 2.63. The molecule has 2 heterocycles. The van der Waals surface area contributed by atoms with Crippen LogP contribution in [0, 0.1) is 18.8 Å². The molecule has 0 aliphatic carbocycles. The molecule has 1 N–H and O–H groups in total. The summed E-state index contributed by atoms with van der Waals surface area (Å²) in [6.07, 6.45) is 1.83. The lowest BCUT2D eigenvalue weighted by Crippen LogP contribution is -2.43. The van der Waals surface area contributed by atoms with Crippen molar-refractivity contribution in [1.82, 2.24) is 20.0 Å². The van der Waals surface area contributed by atoms with Gasteiger partial charge in [-0.2, -0.15) is 5.10 Å². The number of rotatable bonds is 1. The van der Waals surface area contributed by atoms with Crippen LogP contribution < -0.4 is 5.32 Å². The van der Waals surface area contributed by atoms with E-state index in [1.54, 1.807) is 0 Å². The van der Waals surface area contributed by atoms with Crippen LogP contribution in [0.1, 0.15) is 11.3 Å². The molecular formula is C12H18N4. The van der Waals surface area contributed by atoms with Crippen molar-refractivity contribution in [3.8, 4) is 11.8 Å². The average molecular weight is 218 g/mol. The van der Waals surface area contributed by atoms with Gasteiger partial charge in [0.25, 0.3) is 0 Å². The minimum Gasteiger partial charge on any atom is -0.314 e. The van der Waals surface area contributed by atoms with E-state index in [9.17, 15) is 0 Å². The SMILES string of the molecule is Cc1c(C#CCN2CCNCC2)cnn1C. The molecule has 1 aliphatic heterocycles. The van der Waals surface area contributed by atoms with Crippen molar-refractivity contribution in [3.05, 3.63) is 17.5 Å². The molecule has 1 saturated heterocycles. The number of nitrogens with zero attached hydrogens (tertiary/aromatic N) is 3. The Kier molecular flexibility index (Phi) is 3.60. The number of piperazine rings is 1. The van der Waals surface area contributed by atoms with E-state index in [1.807, 2.05) is 24.9 Å². The highest BCUT2D eigenvalue weighted by Gasteiger charge is 2.06. The van der Waals surface area contributed by atoms with Crippen LogP contribution in [0.4, 0.5) is 0 Å². The van der Waals surface area contributed by atoms with Gasteiger partial charge in [0.1, 0.15) is 0 Å². The fraction of sp³-hybridized carbons (Fsp3) is 0.583. The number of nitrogens with one attached hydrogen (secondary N) is 1. The maximum Gasteiger partial charge on any atom is 0.0654 e. The largest absolute Gasteiger partial charge is 0.314 e. The second kappa shape index (κ2) is 5.15. The first kappa shape index (κ1) is 11.2. The molecular weight excluding hydrogens is 200 g/mol. The van der Waals surface area contributed by atoms with Crippen LogP contribution in [-0.2, 0) is 7.05 Å². The maximum absolute atomic E-state index is 4.17. The molecule has 1 aromatic heterocycles. The van der Waals surface area contributed by atoms with E-state index in [2.05, 4.69) is 27.2 Å². The summed E-state index contributed by atoms with van der Waals surface area (Å²) in [5.74, 6) is 6.41. The Bertz CT molecular complexity index is 404. The second-order valence-electron chi connectivity index (χ2n) is 4.10. The Labute approximate surface area is 96.6 Å². The summed E-state index contributed by atoms with van der Waals surface area (Å²) < 4.78 is 1.86. The quantitative estimate of drug-likeness (QED) is 0.673. The molecule has 0 unspecified atom stereocenters. The fourth-order valence-corrected chi connectivity index (χ4v) is 1.74. The normalized spacial score (nSPS) is 16.9. The van der Waals surface area contributed by atoms with Gasteiger partial charge in [0.2, 0.25) is 0 Å². The summed E-state index contributed by atoms with van der Waals surface area (Å²) in [4.78, 5) is 2.37. The van der Waals surface area contributed by atoms with Gasteiger partial charge in [0.05, 0.1) is 24.0 Å². The lowest BCUT2D eigenvalue weighted by molar-refractivity contribution is 0.268. The first-order valence-corrected chi connectivity index (χ1v) is 5.68. The average Bonchev–Trinajstić information content (AvgIpc) is 2.62. The van der Waals surface area contributed by atoms with Crippen LogP contribution in [0.2, 0.25) is 0 Å². The molecule has 0 atom stereocenters. The van der Waals surface area contributed by atoms with Crippen LogP contribution in [0.15, 0.2) is 6.20 Å². The van der Waals surface area contributed by atoms with Gasteiger partial charge in [-0.05, 0) is 6.92 Å². The van der Waals surface area contributed by atoms with Crippen molar-refractivity contribution in [2.75, 3.05) is 32.7 Å². The maximum atomic E-state index is 4.17. The van der Waals surface area contributed by atoms with E-state index in [4.69, 9.17) is 0 Å². The van der Waals surface area contributed by atoms with E-state index in [0.717, 1.165) is 44.0 Å². The third-order valence-corrected chi connectivity index (χ3v) is 2.97. The molecule has 0 aromatic carbocycles. The topological polar surface area (TPSA) is 33.1 Å². The molecule has 0 radical (unpaired) electrons. The molecule has 1 fully saturated rings. The number of aryl methyl sites for hydroxylation is 1. The number of aromatic nitrogens is 2. The predicted molar refractivity (Wildman–Crippen MR) is 64.1 cm³/mol. The van der Waals surface area contributed by atoms with Crippen LogP contribution in [0.25, 0.3) is 0 Å². The van der Waals surface area contributed by atoms with Gasteiger partial charge in [0, 0.05) is 33.2 Å². The predicted octanol–water partition coefficient (Wildman–Crippen LogP) is -0.0148. The van der Waals surface area contributed by atoms with Gasteiger partial charge in [-0.25, -0.2) is 0 Å². The van der Waals surface area contributed by atoms with E-state index in [1.165, 1.54) is 0 Å². The van der Waals surface area contributed by atoms with Crippen LogP contribution in [0.3, 0.4) is 0 Å². The van der Waals surface area contributed by atoms with Crippen molar-refractivity contribution in [2.45, 2.75) is 6.92 Å². The molecule has 0 saturated carbocycles. The minimum atomic E-state index is 0.857. The summed E-state index contributed by atoms with van der Waals surface area (Å²) in [5.41, 5.74) is 2.17. The highest BCUT2D eigenvalue weighted by atomic mass is 15.3. The van der Waals surface area contributed by atoms with Crippen molar-refractivity contribution in [1.29, 1.82) is 0 Å². The van der Waals surface area contributed by atoms with Crippen molar-refractivity contribution < 1.29 is 0 Å². The van der Waals surface area contributed by atoms with E-state index < -0.39 is 0 Å². The summed E-state index contributed by atoms with van der Waals surface area (Å²) >= 11 is 0. The highest BCUT2D eigenvalue weighted by Crippen LogP contribution is 2.02. The van der Waals surface area contributed by atoms with E-state index in [0.29, 0.717) is 0 Å². The molecule has 4 nitrogen and oxygen atoms in total. The van der Waals surface area contributed by atoms with Gasteiger partial charge < -0.3 is 5.32 Å². The summed E-state index contributed by atoms with van der Waals surface area (Å²) in [5, 5.41) is 7.50. The van der Waals surface area contributed by atoms with Crippen LogP contribution >= 0.6 is 0 Å². The first-order valence-electron chi connectivity index (χ1n) is 5.68. The smallest absolute Gasteiger partial charge is 0.0654 e. The first-order chi connectivity index (χ1) is 7.77. The standard InChI is InChI=1S/C12H18N4/c1-11-12(10-14-15(11)2)4-3-7-16-8-5-13-6-9-16/h10,13H,5-9H2,1-2H3. The molecule has 1 aromatic rings. The third-order valence-electron chi connectivity index (χ3n) is 2.97. The molecule has 0 bridgehead atoms. The molecule has 1 aliphatic rings. The van der Waals surface area contributed by atoms with Gasteiger partial charge in [-0.1, -0.05) is 11.8 Å². The second-order valence-corrected chi connectivity index (χ2v) is 4.10. The van der Waals surface area contributed by atoms with Gasteiger partial charge in [-0.3, -0.25) is 9.58 Å². The molecule has 0 amide bonds. The van der Waals surface area contributed by atoms with Gasteiger partial charge in [0.15, 0.2) is 0 Å². The Morgan fingerprint density at radius 3 is 2.81 bits per heavy atom. The Morgan fingerprint density at radius 1 is 1.44 bits per heavy atom. The van der Waals surface area contributed by atoms with Crippen LogP contribution in [0.5, 0.6) is 0 Å². The molecule has 86 valence electrons. The fourth-order valence-electron chi connectivity index (χ4n) is 1.74. The van der Waals surface area contributed by atoms with Gasteiger partial charge in [-0.15, -0.1) is 0 Å². The Morgan fingerprint density at radius 2 is 2.19 bits per heavy atom. The van der Waals surface area contributed by atoms with Gasteiger partial charge >= 0.3 is 0 Å². The summed E-state index contributed by atoms with van der Waals surface area (Å²) in [6, 6.07) is 0. The van der Waals surface area contributed by atoms with Crippen molar-refractivity contribution in [2.24, 2.45) is 7.05 Å². The molecule has 2 rings (SSSR count). The summed E-state index contributed by atoms with van der Waals surface area (Å²) in [6.45, 7) is 7.25. The van der Waals surface area contributed by atoms with Crippen LogP contribution in [-0.4, -0.2) is 47.4 Å². The Balaban J connectivity index is 1.92. The van der Waals surface area contributed by atoms with E-state index >= 15 is 0 Å². The Hall–Kier alpha value is -1.31. The highest BCUT2D eigenvalue weighted by molar-refractivity contribution is 5.35. The van der Waals surface area contributed by atoms with Crippen molar-refractivity contribution >= 4 is 0 Å². The zero-order valence-electron chi connectivity index (χ0n) is 9.95. The zero-order chi connectivity index (χ0) is 11.4. The molecule has 16 heavy (non-hydrogen) atoms. The molecule has 0 spiro atoms. The zero-order valence-corrected chi connectivity index (χ0v) is 9.95. The number of hydrogen-bond acceptors (Lipinski definition) is 3. The van der Waals surface area contributed by atoms with Crippen molar-refractivity contribution in [3.63, 3.8) is 0 Å². The monoisotopic (exact) mass is 218 g/mol. The lowest BCUT2D eigenvalue weighted by Gasteiger charge is -2.24. The summed E-state index contributed by atoms with van der Waals surface area (Å²) in [7, 11) is 1.94. The minimum absolute atomic E-state index is 0.857.